The molecule has 1 amide bonds. The molecule has 0 radical (unpaired) electrons. The average molecular weight is 381 g/mol. The van der Waals surface area contributed by atoms with Gasteiger partial charge >= 0.3 is 0 Å². The summed E-state index contributed by atoms with van der Waals surface area (Å²) < 4.78 is 0. The summed E-state index contributed by atoms with van der Waals surface area (Å²) in [6, 6.07) is 15.9. The Bertz CT molecular complexity index is 857. The molecule has 3 nitrogen and oxygen atoms in total. The van der Waals surface area contributed by atoms with Crippen LogP contribution in [0.1, 0.15) is 46.8 Å². The Hall–Kier alpha value is -2.10. The molecule has 1 saturated heterocycles. The molecule has 0 aliphatic carbocycles. The van der Waals surface area contributed by atoms with E-state index in [9.17, 15) is 4.79 Å². The van der Waals surface area contributed by atoms with Crippen LogP contribution in [0.15, 0.2) is 61.2 Å². The summed E-state index contributed by atoms with van der Waals surface area (Å²) in [6.07, 6.45) is 4.76. The Kier molecular flexibility index (Phi) is 5.07. The van der Waals surface area contributed by atoms with Crippen molar-refractivity contribution >= 4 is 17.5 Å². The summed E-state index contributed by atoms with van der Waals surface area (Å²) >= 11 is 6.15. The van der Waals surface area contributed by atoms with Gasteiger partial charge in [-0.1, -0.05) is 48.0 Å². The largest absolute Gasteiger partial charge is 0.330 e. The van der Waals surface area contributed by atoms with E-state index in [-0.39, 0.29) is 17.4 Å². The summed E-state index contributed by atoms with van der Waals surface area (Å²) in [7, 11) is 0. The lowest BCUT2D eigenvalue weighted by molar-refractivity contribution is 0.0539. The Morgan fingerprint density at radius 1 is 1.22 bits per heavy atom. The zero-order chi connectivity index (χ0) is 18.9. The lowest BCUT2D eigenvalue weighted by Crippen LogP contribution is -2.54. The van der Waals surface area contributed by atoms with Crippen molar-refractivity contribution in [2.75, 3.05) is 19.6 Å². The molecular formula is C23H25ClN2O. The normalized spacial score (nSPS) is 20.9. The molecule has 4 rings (SSSR count). The first kappa shape index (κ1) is 18.3. The van der Waals surface area contributed by atoms with Crippen molar-refractivity contribution in [2.24, 2.45) is 0 Å². The second kappa shape index (κ2) is 7.49. The molecule has 0 bridgehead atoms. The number of hydrogen-bond acceptors (Lipinski definition) is 2. The minimum Gasteiger partial charge on any atom is -0.330 e. The van der Waals surface area contributed by atoms with Gasteiger partial charge in [-0.2, -0.15) is 0 Å². The summed E-state index contributed by atoms with van der Waals surface area (Å²) in [5.74, 6) is 0.0526. The zero-order valence-electron chi connectivity index (χ0n) is 15.5. The van der Waals surface area contributed by atoms with Crippen molar-refractivity contribution in [3.05, 3.63) is 82.9 Å². The third kappa shape index (κ3) is 3.30. The summed E-state index contributed by atoms with van der Waals surface area (Å²) in [5.41, 5.74) is 3.35. The van der Waals surface area contributed by atoms with E-state index in [1.165, 1.54) is 11.1 Å². The molecule has 1 atom stereocenters. The van der Waals surface area contributed by atoms with Crippen LogP contribution in [0.25, 0.3) is 0 Å². The molecule has 2 aliphatic rings. The van der Waals surface area contributed by atoms with Crippen molar-refractivity contribution in [2.45, 2.75) is 30.7 Å². The molecule has 27 heavy (non-hydrogen) atoms. The summed E-state index contributed by atoms with van der Waals surface area (Å²) in [6.45, 7) is 6.66. The predicted octanol–water partition coefficient (Wildman–Crippen LogP) is 4.73. The number of nitrogens with zero attached hydrogens (tertiary/aromatic N) is 1. The highest BCUT2D eigenvalue weighted by atomic mass is 35.5. The lowest BCUT2D eigenvalue weighted by atomic mass is 9.67. The predicted molar refractivity (Wildman–Crippen MR) is 110 cm³/mol. The van der Waals surface area contributed by atoms with Gasteiger partial charge in [-0.25, -0.2) is 0 Å². The van der Waals surface area contributed by atoms with Crippen molar-refractivity contribution < 1.29 is 4.79 Å². The first-order chi connectivity index (χ1) is 13.1. The van der Waals surface area contributed by atoms with Crippen molar-refractivity contribution in [3.8, 4) is 0 Å². The molecule has 4 heteroatoms. The number of hydrogen-bond donors (Lipinski definition) is 1. The van der Waals surface area contributed by atoms with E-state index >= 15 is 0 Å². The number of carbonyl (C=O) groups excluding carboxylic acids is 1. The Morgan fingerprint density at radius 3 is 2.74 bits per heavy atom. The highest BCUT2D eigenvalue weighted by molar-refractivity contribution is 6.30. The topological polar surface area (TPSA) is 32.3 Å². The third-order valence-corrected chi connectivity index (χ3v) is 6.26. The van der Waals surface area contributed by atoms with Crippen LogP contribution in [0, 0.1) is 0 Å². The lowest BCUT2D eigenvalue weighted by Gasteiger charge is -2.50. The van der Waals surface area contributed by atoms with E-state index < -0.39 is 0 Å². The fraction of sp³-hybridized carbons (Fsp3) is 0.348. The van der Waals surface area contributed by atoms with Crippen LogP contribution < -0.4 is 5.32 Å². The quantitative estimate of drug-likeness (QED) is 0.780. The maximum Gasteiger partial charge on any atom is 0.254 e. The smallest absolute Gasteiger partial charge is 0.254 e. The van der Waals surface area contributed by atoms with Gasteiger partial charge in [-0.3, -0.25) is 4.79 Å². The van der Waals surface area contributed by atoms with Gasteiger partial charge in [0.1, 0.15) is 0 Å². The van der Waals surface area contributed by atoms with Gasteiger partial charge in [-0.05, 0) is 61.7 Å². The molecule has 1 spiro atoms. The van der Waals surface area contributed by atoms with Crippen LogP contribution in [0.3, 0.4) is 0 Å². The van der Waals surface area contributed by atoms with Gasteiger partial charge in [0, 0.05) is 22.5 Å². The SMILES string of the molecule is C=CC[C@@H]1c2ccccc2C2(CCNCC2)CN1C(=O)c1cccc(Cl)c1. The van der Waals surface area contributed by atoms with Crippen molar-refractivity contribution in [3.63, 3.8) is 0 Å². The third-order valence-electron chi connectivity index (χ3n) is 6.02. The zero-order valence-corrected chi connectivity index (χ0v) is 16.2. The fourth-order valence-corrected chi connectivity index (χ4v) is 4.90. The summed E-state index contributed by atoms with van der Waals surface area (Å²) in [5, 5.41) is 4.06. The van der Waals surface area contributed by atoms with Gasteiger partial charge in [0.05, 0.1) is 6.04 Å². The Morgan fingerprint density at radius 2 is 2.00 bits per heavy atom. The van der Waals surface area contributed by atoms with Gasteiger partial charge in [0.15, 0.2) is 0 Å². The Labute approximate surface area is 166 Å². The van der Waals surface area contributed by atoms with E-state index in [1.807, 2.05) is 18.2 Å². The first-order valence-electron chi connectivity index (χ1n) is 9.62. The standard InChI is InChI=1S/C23H25ClN2O/c1-2-6-21-19-9-3-4-10-20(19)23(11-13-25-14-12-23)16-26(21)22(27)17-7-5-8-18(24)15-17/h2-5,7-10,15,21,25H,1,6,11-14,16H2/t21-/m1/s1. The molecule has 1 fully saturated rings. The molecule has 2 aromatic carbocycles. The monoisotopic (exact) mass is 380 g/mol. The molecule has 2 heterocycles. The van der Waals surface area contributed by atoms with Crippen molar-refractivity contribution in [1.29, 1.82) is 0 Å². The number of halogens is 1. The van der Waals surface area contributed by atoms with E-state index in [2.05, 4.69) is 41.1 Å². The number of benzene rings is 2. The summed E-state index contributed by atoms with van der Waals surface area (Å²) in [4.78, 5) is 15.5. The minimum atomic E-state index is 0.0192. The van der Waals surface area contributed by atoms with Crippen LogP contribution in [0.4, 0.5) is 0 Å². The molecule has 2 aromatic rings. The van der Waals surface area contributed by atoms with Crippen LogP contribution >= 0.6 is 11.6 Å². The second-order valence-corrected chi connectivity index (χ2v) is 8.04. The van der Waals surface area contributed by atoms with Crippen LogP contribution in [-0.4, -0.2) is 30.4 Å². The van der Waals surface area contributed by atoms with Gasteiger partial charge in [-0.15, -0.1) is 6.58 Å². The number of carbonyl (C=O) groups is 1. The van der Waals surface area contributed by atoms with Crippen LogP contribution in [0.2, 0.25) is 5.02 Å². The van der Waals surface area contributed by atoms with Crippen molar-refractivity contribution in [1.82, 2.24) is 10.2 Å². The van der Waals surface area contributed by atoms with E-state index in [0.717, 1.165) is 38.9 Å². The van der Waals surface area contributed by atoms with Gasteiger partial charge in [0.2, 0.25) is 0 Å². The van der Waals surface area contributed by atoms with E-state index in [0.29, 0.717) is 10.6 Å². The maximum absolute atomic E-state index is 13.5. The minimum absolute atomic E-state index is 0.0192. The fourth-order valence-electron chi connectivity index (χ4n) is 4.71. The van der Waals surface area contributed by atoms with Gasteiger partial charge in [0.25, 0.3) is 5.91 Å². The van der Waals surface area contributed by atoms with Crippen LogP contribution in [0.5, 0.6) is 0 Å². The number of amides is 1. The molecule has 2 aliphatic heterocycles. The highest BCUT2D eigenvalue weighted by Crippen LogP contribution is 2.46. The number of rotatable bonds is 3. The second-order valence-electron chi connectivity index (χ2n) is 7.60. The Balaban J connectivity index is 1.80. The first-order valence-corrected chi connectivity index (χ1v) is 10.00. The van der Waals surface area contributed by atoms with E-state index in [1.54, 1.807) is 12.1 Å². The number of fused-ring (bicyclic) bond motifs is 2. The molecule has 140 valence electrons. The molecule has 1 N–H and O–H groups in total. The van der Waals surface area contributed by atoms with Gasteiger partial charge < -0.3 is 10.2 Å². The highest BCUT2D eigenvalue weighted by Gasteiger charge is 2.45. The number of piperidine rings is 1. The molecule has 0 unspecified atom stereocenters. The van der Waals surface area contributed by atoms with E-state index in [4.69, 9.17) is 11.6 Å². The molecular weight excluding hydrogens is 356 g/mol. The average Bonchev–Trinajstić information content (AvgIpc) is 2.70. The van der Waals surface area contributed by atoms with Crippen LogP contribution in [-0.2, 0) is 5.41 Å². The number of nitrogens with one attached hydrogen (secondary N) is 1. The maximum atomic E-state index is 13.5. The molecule has 0 aromatic heterocycles. The molecule has 0 saturated carbocycles.